The van der Waals surface area contributed by atoms with Crippen LogP contribution >= 0.6 is 12.6 Å². The Morgan fingerprint density at radius 1 is 0.778 bits per heavy atom. The summed E-state index contributed by atoms with van der Waals surface area (Å²) in [4.78, 5) is 49.5. The van der Waals surface area contributed by atoms with E-state index >= 15 is 0 Å². The van der Waals surface area contributed by atoms with Crippen LogP contribution in [0, 0.1) is 0 Å². The summed E-state index contributed by atoms with van der Waals surface area (Å²) in [7, 11) is 0. The van der Waals surface area contributed by atoms with Crippen LogP contribution in [0.15, 0.2) is 54.6 Å². The first-order chi connectivity index (χ1) is 17.1. The normalized spacial score (nSPS) is 14.1. The van der Waals surface area contributed by atoms with Crippen LogP contribution < -0.4 is 21.7 Å². The van der Waals surface area contributed by atoms with Crippen molar-refractivity contribution in [1.29, 1.82) is 0 Å². The van der Waals surface area contributed by atoms with Crippen LogP contribution in [0.3, 0.4) is 0 Å². The average molecular weight is 519 g/mol. The van der Waals surface area contributed by atoms with Crippen molar-refractivity contribution in [1.82, 2.24) is 16.0 Å². The number of aromatic hydroxyl groups is 1. The predicted molar refractivity (Wildman–Crippen MR) is 134 cm³/mol. The minimum absolute atomic E-state index is 0.0191. The van der Waals surface area contributed by atoms with Crippen molar-refractivity contribution in [3.05, 3.63) is 65.7 Å². The molecule has 3 amide bonds. The van der Waals surface area contributed by atoms with Crippen molar-refractivity contribution in [2.24, 2.45) is 5.73 Å². The summed E-state index contributed by atoms with van der Waals surface area (Å²) in [5.74, 6) is -3.78. The molecule has 36 heavy (non-hydrogen) atoms. The number of phenolic OH excluding ortho intramolecular Hbond substituents is 1. The highest BCUT2D eigenvalue weighted by Gasteiger charge is 2.29. The largest absolute Gasteiger partial charge is 0.508 e. The predicted octanol–water partition coefficient (Wildman–Crippen LogP) is -1.03. The lowest BCUT2D eigenvalue weighted by Gasteiger charge is -2.24. The maximum Gasteiger partial charge on any atom is 0.328 e. The van der Waals surface area contributed by atoms with Crippen LogP contribution in [0.4, 0.5) is 0 Å². The molecule has 0 bridgehead atoms. The van der Waals surface area contributed by atoms with Gasteiger partial charge in [0.2, 0.25) is 17.7 Å². The molecular formula is C24H30N4O7S. The zero-order valence-electron chi connectivity index (χ0n) is 19.3. The molecule has 0 radical (unpaired) electrons. The van der Waals surface area contributed by atoms with Crippen molar-refractivity contribution >= 4 is 36.3 Å². The molecule has 0 fully saturated rings. The Labute approximate surface area is 213 Å². The van der Waals surface area contributed by atoms with Gasteiger partial charge in [-0.1, -0.05) is 42.5 Å². The number of aliphatic hydroxyl groups excluding tert-OH is 1. The fourth-order valence-corrected chi connectivity index (χ4v) is 3.50. The smallest absolute Gasteiger partial charge is 0.328 e. The van der Waals surface area contributed by atoms with Crippen LogP contribution in [0.5, 0.6) is 5.75 Å². The van der Waals surface area contributed by atoms with Crippen molar-refractivity contribution in [3.8, 4) is 5.75 Å². The Morgan fingerprint density at radius 2 is 1.31 bits per heavy atom. The number of amides is 3. The number of phenols is 1. The van der Waals surface area contributed by atoms with E-state index in [9.17, 15) is 24.3 Å². The molecule has 2 aromatic carbocycles. The van der Waals surface area contributed by atoms with Gasteiger partial charge in [-0.05, 0) is 29.7 Å². The van der Waals surface area contributed by atoms with Gasteiger partial charge in [-0.2, -0.15) is 12.6 Å². The molecule has 0 saturated heterocycles. The number of hydrogen-bond acceptors (Lipinski definition) is 8. The first-order valence-electron chi connectivity index (χ1n) is 11.1. The first-order valence-corrected chi connectivity index (χ1v) is 11.7. The van der Waals surface area contributed by atoms with E-state index in [1.807, 2.05) is 30.3 Å². The van der Waals surface area contributed by atoms with Gasteiger partial charge < -0.3 is 37.0 Å². The van der Waals surface area contributed by atoms with Gasteiger partial charge in [0.05, 0.1) is 12.6 Å². The Bertz CT molecular complexity index is 1040. The summed E-state index contributed by atoms with van der Waals surface area (Å²) in [5.41, 5.74) is 7.50. The van der Waals surface area contributed by atoms with E-state index < -0.39 is 54.5 Å². The van der Waals surface area contributed by atoms with E-state index in [2.05, 4.69) is 28.6 Å². The zero-order valence-corrected chi connectivity index (χ0v) is 20.2. The molecule has 0 saturated carbocycles. The molecule has 11 nitrogen and oxygen atoms in total. The molecule has 0 aliphatic rings. The van der Waals surface area contributed by atoms with Crippen molar-refractivity contribution in [3.63, 3.8) is 0 Å². The van der Waals surface area contributed by atoms with Crippen molar-refractivity contribution < 1.29 is 34.5 Å². The number of hydrogen-bond donors (Lipinski definition) is 8. The topological polar surface area (TPSA) is 191 Å². The summed E-state index contributed by atoms with van der Waals surface area (Å²) < 4.78 is 0. The third-order valence-corrected chi connectivity index (χ3v) is 5.62. The molecule has 4 unspecified atom stereocenters. The van der Waals surface area contributed by atoms with Gasteiger partial charge in [-0.25, -0.2) is 4.79 Å². The van der Waals surface area contributed by atoms with Gasteiger partial charge in [-0.15, -0.1) is 0 Å². The number of nitrogens with two attached hydrogens (primary N) is 1. The number of aliphatic carboxylic acids is 1. The van der Waals surface area contributed by atoms with Gasteiger partial charge in [-0.3, -0.25) is 14.4 Å². The molecule has 2 aromatic rings. The number of nitrogens with one attached hydrogen (secondary N) is 3. The average Bonchev–Trinajstić information content (AvgIpc) is 2.86. The Balaban J connectivity index is 2.15. The minimum Gasteiger partial charge on any atom is -0.508 e. The van der Waals surface area contributed by atoms with Gasteiger partial charge in [0.15, 0.2) is 0 Å². The summed E-state index contributed by atoms with van der Waals surface area (Å²) in [6.07, 6.45) is 0.255. The van der Waals surface area contributed by atoms with Gasteiger partial charge >= 0.3 is 5.97 Å². The summed E-state index contributed by atoms with van der Waals surface area (Å²) in [5, 5.41) is 34.9. The molecule has 0 spiro atoms. The number of benzene rings is 2. The van der Waals surface area contributed by atoms with E-state index in [0.29, 0.717) is 5.56 Å². The molecule has 0 aromatic heterocycles. The lowest BCUT2D eigenvalue weighted by Crippen LogP contribution is -2.58. The van der Waals surface area contributed by atoms with Gasteiger partial charge in [0.1, 0.15) is 23.9 Å². The van der Waals surface area contributed by atoms with E-state index in [1.54, 1.807) is 12.1 Å². The molecule has 0 heterocycles. The van der Waals surface area contributed by atoms with E-state index in [-0.39, 0.29) is 24.3 Å². The Morgan fingerprint density at radius 3 is 1.86 bits per heavy atom. The molecule has 0 aliphatic heterocycles. The molecule has 194 valence electrons. The Kier molecular flexibility index (Phi) is 11.2. The lowest BCUT2D eigenvalue weighted by molar-refractivity contribution is -0.143. The van der Waals surface area contributed by atoms with E-state index in [0.717, 1.165) is 5.56 Å². The highest BCUT2D eigenvalue weighted by Crippen LogP contribution is 2.12. The summed E-state index contributed by atoms with van der Waals surface area (Å²) in [6.45, 7) is -0.840. The maximum atomic E-state index is 13.1. The fourth-order valence-electron chi connectivity index (χ4n) is 3.24. The second-order valence-corrected chi connectivity index (χ2v) is 8.42. The molecule has 0 aliphatic carbocycles. The molecule has 8 N–H and O–H groups in total. The molecule has 4 atom stereocenters. The first kappa shape index (κ1) is 28.6. The zero-order chi connectivity index (χ0) is 26.7. The quantitative estimate of drug-likeness (QED) is 0.154. The number of rotatable bonds is 13. The monoisotopic (exact) mass is 518 g/mol. The fraction of sp³-hybridized carbons (Fsp3) is 0.333. The lowest BCUT2D eigenvalue weighted by atomic mass is 10.0. The number of carboxylic acids is 1. The number of aliphatic hydroxyl groups is 1. The maximum absolute atomic E-state index is 13.1. The molecule has 2 rings (SSSR count). The van der Waals surface area contributed by atoms with Gasteiger partial charge in [0.25, 0.3) is 0 Å². The highest BCUT2D eigenvalue weighted by atomic mass is 32.1. The minimum atomic E-state index is -1.56. The second-order valence-electron chi connectivity index (χ2n) is 8.05. The number of carboxylic acid groups (broad SMARTS) is 1. The number of carbonyl (C=O) groups excluding carboxylic acids is 3. The summed E-state index contributed by atoms with van der Waals surface area (Å²) in [6, 6.07) is 10.2. The Hall–Kier alpha value is -3.61. The van der Waals surface area contributed by atoms with E-state index in [1.165, 1.54) is 12.1 Å². The van der Waals surface area contributed by atoms with Crippen molar-refractivity contribution in [2.45, 2.75) is 37.0 Å². The van der Waals surface area contributed by atoms with Crippen LogP contribution in [-0.4, -0.2) is 75.5 Å². The third kappa shape index (κ3) is 8.87. The van der Waals surface area contributed by atoms with Crippen molar-refractivity contribution in [2.75, 3.05) is 12.4 Å². The van der Waals surface area contributed by atoms with E-state index in [4.69, 9.17) is 15.9 Å². The second kappa shape index (κ2) is 14.1. The third-order valence-electron chi connectivity index (χ3n) is 5.26. The molecule has 12 heteroatoms. The number of thiol groups is 1. The SMILES string of the molecule is NC(Cc1ccccc1)C(=O)NC(Cc1ccc(O)cc1)C(=O)NC(CS)C(=O)NC(CO)C(=O)O. The van der Waals surface area contributed by atoms with Crippen LogP contribution in [0.1, 0.15) is 11.1 Å². The highest BCUT2D eigenvalue weighted by molar-refractivity contribution is 7.80. The standard InChI is InChI=1S/C24H30N4O7S/c25-17(10-14-4-2-1-3-5-14)21(31)26-18(11-15-6-8-16(30)9-7-15)22(32)28-20(13-36)23(33)27-19(12-29)24(34)35/h1-9,17-20,29-30,36H,10-13,25H2,(H,26,31)(H,27,33)(H,28,32)(H,34,35). The van der Waals surface area contributed by atoms with Crippen LogP contribution in [-0.2, 0) is 32.0 Å². The van der Waals surface area contributed by atoms with Gasteiger partial charge in [0, 0.05) is 12.2 Å². The van der Waals surface area contributed by atoms with Crippen LogP contribution in [0.25, 0.3) is 0 Å². The summed E-state index contributed by atoms with van der Waals surface area (Å²) >= 11 is 4.05. The number of carbonyl (C=O) groups is 4. The van der Waals surface area contributed by atoms with Crippen LogP contribution in [0.2, 0.25) is 0 Å². The molecular weight excluding hydrogens is 488 g/mol.